The van der Waals surface area contributed by atoms with E-state index in [1.165, 1.54) is 18.2 Å². The number of rotatable bonds is 2. The first-order valence-corrected chi connectivity index (χ1v) is 6.19. The van der Waals surface area contributed by atoms with Crippen LogP contribution >= 0.6 is 0 Å². The van der Waals surface area contributed by atoms with Crippen molar-refractivity contribution < 1.29 is 18.7 Å². The molecule has 0 aliphatic rings. The molecule has 0 bridgehead atoms. The van der Waals surface area contributed by atoms with Gasteiger partial charge < -0.3 is 10.8 Å². The SMILES string of the molecule is Nc1n[nH]c2c(F)c(-c3ccc(NC(=O)O)c(F)c3)ccc12. The topological polar surface area (TPSA) is 104 Å². The summed E-state index contributed by atoms with van der Waals surface area (Å²) in [5, 5.41) is 17.1. The number of nitrogen functional groups attached to an aromatic ring is 1. The molecule has 0 aliphatic heterocycles. The van der Waals surface area contributed by atoms with Gasteiger partial charge in [-0.3, -0.25) is 10.4 Å². The molecule has 22 heavy (non-hydrogen) atoms. The minimum atomic E-state index is -1.38. The van der Waals surface area contributed by atoms with Gasteiger partial charge in [-0.2, -0.15) is 5.10 Å². The lowest BCUT2D eigenvalue weighted by Gasteiger charge is -2.07. The van der Waals surface area contributed by atoms with E-state index >= 15 is 0 Å². The van der Waals surface area contributed by atoms with Gasteiger partial charge >= 0.3 is 6.09 Å². The van der Waals surface area contributed by atoms with E-state index in [9.17, 15) is 13.6 Å². The highest BCUT2D eigenvalue weighted by Crippen LogP contribution is 2.31. The summed E-state index contributed by atoms with van der Waals surface area (Å²) < 4.78 is 28.3. The zero-order valence-electron chi connectivity index (χ0n) is 11.0. The van der Waals surface area contributed by atoms with Gasteiger partial charge in [-0.25, -0.2) is 13.6 Å². The third-order valence-electron chi connectivity index (χ3n) is 3.23. The second-order valence-corrected chi connectivity index (χ2v) is 4.58. The Balaban J connectivity index is 2.09. The predicted octanol–water partition coefficient (Wildman–Crippen LogP) is 3.18. The summed E-state index contributed by atoms with van der Waals surface area (Å²) in [5.41, 5.74) is 5.93. The van der Waals surface area contributed by atoms with Crippen molar-refractivity contribution in [3.8, 4) is 11.1 Å². The summed E-state index contributed by atoms with van der Waals surface area (Å²) in [5.74, 6) is -1.24. The molecule has 3 rings (SSSR count). The highest BCUT2D eigenvalue weighted by Gasteiger charge is 2.15. The number of hydrogen-bond donors (Lipinski definition) is 4. The summed E-state index contributed by atoms with van der Waals surface area (Å²) in [6.07, 6.45) is -1.38. The number of nitrogens with one attached hydrogen (secondary N) is 2. The largest absolute Gasteiger partial charge is 0.465 e. The van der Waals surface area contributed by atoms with E-state index in [1.807, 2.05) is 5.32 Å². The first kappa shape index (κ1) is 13.8. The van der Waals surface area contributed by atoms with Crippen molar-refractivity contribution in [3.05, 3.63) is 42.0 Å². The average molecular weight is 304 g/mol. The van der Waals surface area contributed by atoms with Crippen LogP contribution in [0.5, 0.6) is 0 Å². The molecule has 0 atom stereocenters. The van der Waals surface area contributed by atoms with Crippen molar-refractivity contribution >= 4 is 28.5 Å². The van der Waals surface area contributed by atoms with Gasteiger partial charge in [0.05, 0.1) is 5.69 Å². The number of aromatic amines is 1. The molecular weight excluding hydrogens is 294 g/mol. The van der Waals surface area contributed by atoms with Crippen molar-refractivity contribution in [1.82, 2.24) is 10.2 Å². The highest BCUT2D eigenvalue weighted by molar-refractivity contribution is 5.92. The average Bonchev–Trinajstić information content (AvgIpc) is 2.84. The van der Waals surface area contributed by atoms with Gasteiger partial charge in [0.2, 0.25) is 0 Å². The van der Waals surface area contributed by atoms with Gasteiger partial charge in [-0.1, -0.05) is 12.1 Å². The Hall–Kier alpha value is -3.16. The lowest BCUT2D eigenvalue weighted by Crippen LogP contribution is -2.08. The third kappa shape index (κ3) is 2.20. The van der Waals surface area contributed by atoms with Gasteiger partial charge in [0.25, 0.3) is 0 Å². The number of nitrogens with zero attached hydrogens (tertiary/aromatic N) is 1. The Morgan fingerprint density at radius 2 is 2.05 bits per heavy atom. The van der Waals surface area contributed by atoms with Crippen molar-refractivity contribution in [2.24, 2.45) is 0 Å². The molecule has 2 aromatic carbocycles. The minimum Gasteiger partial charge on any atom is -0.465 e. The molecule has 1 heterocycles. The molecule has 3 aromatic rings. The molecule has 0 saturated heterocycles. The smallest absolute Gasteiger partial charge is 0.409 e. The minimum absolute atomic E-state index is 0.128. The van der Waals surface area contributed by atoms with Crippen LogP contribution in [-0.4, -0.2) is 21.4 Å². The molecule has 112 valence electrons. The van der Waals surface area contributed by atoms with Gasteiger partial charge in [-0.15, -0.1) is 0 Å². The number of benzene rings is 2. The Kier molecular flexibility index (Phi) is 3.13. The standard InChI is InChI=1S/C14H10F2N4O2/c15-9-5-6(1-4-10(9)18-14(21)22)7-2-3-8-12(11(7)16)19-20-13(8)17/h1-5,18H,(H,21,22)(H3,17,19,20). The van der Waals surface area contributed by atoms with Crippen LogP contribution in [0, 0.1) is 11.6 Å². The van der Waals surface area contributed by atoms with Crippen LogP contribution in [0.3, 0.4) is 0 Å². The molecule has 0 aliphatic carbocycles. The lowest BCUT2D eigenvalue weighted by atomic mass is 10.0. The van der Waals surface area contributed by atoms with Crippen LogP contribution < -0.4 is 11.1 Å². The molecular formula is C14H10F2N4O2. The lowest BCUT2D eigenvalue weighted by molar-refractivity contribution is 0.209. The van der Waals surface area contributed by atoms with E-state index in [-0.39, 0.29) is 28.1 Å². The van der Waals surface area contributed by atoms with Crippen LogP contribution in [0.2, 0.25) is 0 Å². The van der Waals surface area contributed by atoms with E-state index in [4.69, 9.17) is 10.8 Å². The van der Waals surface area contributed by atoms with Gasteiger partial charge in [0, 0.05) is 10.9 Å². The molecule has 8 heteroatoms. The molecule has 0 radical (unpaired) electrons. The third-order valence-corrected chi connectivity index (χ3v) is 3.23. The van der Waals surface area contributed by atoms with E-state index in [0.29, 0.717) is 5.39 Å². The quantitative estimate of drug-likeness (QED) is 0.583. The summed E-state index contributed by atoms with van der Waals surface area (Å²) in [6, 6.07) is 6.73. The fourth-order valence-electron chi connectivity index (χ4n) is 2.20. The maximum absolute atomic E-state index is 14.5. The number of aromatic nitrogens is 2. The molecule has 0 saturated carbocycles. The van der Waals surface area contributed by atoms with Crippen molar-refractivity contribution in [2.75, 3.05) is 11.1 Å². The molecule has 0 fully saturated rings. The molecule has 0 unspecified atom stereocenters. The summed E-state index contributed by atoms with van der Waals surface area (Å²) >= 11 is 0. The molecule has 1 aromatic heterocycles. The maximum Gasteiger partial charge on any atom is 0.409 e. The summed E-state index contributed by atoms with van der Waals surface area (Å²) in [6.45, 7) is 0. The molecule has 1 amide bonds. The Morgan fingerprint density at radius 3 is 2.73 bits per heavy atom. The van der Waals surface area contributed by atoms with Crippen LogP contribution in [-0.2, 0) is 0 Å². The highest BCUT2D eigenvalue weighted by atomic mass is 19.1. The number of H-pyrrole nitrogens is 1. The van der Waals surface area contributed by atoms with Crippen molar-refractivity contribution in [3.63, 3.8) is 0 Å². The second kappa shape index (κ2) is 4.99. The molecule has 0 spiro atoms. The zero-order chi connectivity index (χ0) is 15.9. The Labute approximate surface area is 122 Å². The predicted molar refractivity (Wildman–Crippen MR) is 77.5 cm³/mol. The Morgan fingerprint density at radius 1 is 1.27 bits per heavy atom. The number of carbonyl (C=O) groups is 1. The molecule has 5 N–H and O–H groups in total. The number of hydrogen-bond acceptors (Lipinski definition) is 3. The van der Waals surface area contributed by atoms with E-state index in [1.54, 1.807) is 6.07 Å². The second-order valence-electron chi connectivity index (χ2n) is 4.58. The van der Waals surface area contributed by atoms with Crippen LogP contribution in [0.4, 0.5) is 25.1 Å². The van der Waals surface area contributed by atoms with E-state index < -0.39 is 17.7 Å². The van der Waals surface area contributed by atoms with E-state index in [0.717, 1.165) is 6.07 Å². The van der Waals surface area contributed by atoms with Crippen molar-refractivity contribution in [1.29, 1.82) is 0 Å². The van der Waals surface area contributed by atoms with Crippen LogP contribution in [0.15, 0.2) is 30.3 Å². The van der Waals surface area contributed by atoms with Gasteiger partial charge in [0.15, 0.2) is 11.6 Å². The fraction of sp³-hybridized carbons (Fsp3) is 0. The normalized spacial score (nSPS) is 10.8. The first-order valence-electron chi connectivity index (χ1n) is 6.19. The first-order chi connectivity index (χ1) is 10.5. The van der Waals surface area contributed by atoms with E-state index in [2.05, 4.69) is 10.2 Å². The summed E-state index contributed by atoms with van der Waals surface area (Å²) in [4.78, 5) is 10.5. The number of anilines is 2. The van der Waals surface area contributed by atoms with Crippen LogP contribution in [0.25, 0.3) is 22.0 Å². The number of nitrogens with two attached hydrogens (primary N) is 1. The Bertz CT molecular complexity index is 892. The summed E-state index contributed by atoms with van der Waals surface area (Å²) in [7, 11) is 0. The number of amides is 1. The number of carboxylic acid groups (broad SMARTS) is 1. The van der Waals surface area contributed by atoms with Gasteiger partial charge in [0.1, 0.15) is 11.3 Å². The molecule has 6 nitrogen and oxygen atoms in total. The number of fused-ring (bicyclic) bond motifs is 1. The maximum atomic E-state index is 14.5. The fourth-order valence-corrected chi connectivity index (χ4v) is 2.20. The zero-order valence-corrected chi connectivity index (χ0v) is 11.0. The van der Waals surface area contributed by atoms with Crippen molar-refractivity contribution in [2.45, 2.75) is 0 Å². The number of halogens is 2. The monoisotopic (exact) mass is 304 g/mol. The van der Waals surface area contributed by atoms with Gasteiger partial charge in [-0.05, 0) is 23.8 Å². The van der Waals surface area contributed by atoms with Crippen LogP contribution in [0.1, 0.15) is 0 Å².